The highest BCUT2D eigenvalue weighted by Crippen LogP contribution is 2.36. The number of anilines is 1. The van der Waals surface area contributed by atoms with Gasteiger partial charge in [-0.1, -0.05) is 0 Å². The number of halogens is 7. The van der Waals surface area contributed by atoms with Crippen LogP contribution in [0.4, 0.5) is 41.2 Å². The second-order valence-corrected chi connectivity index (χ2v) is 8.94. The van der Waals surface area contributed by atoms with Gasteiger partial charge in [0.1, 0.15) is 17.1 Å². The van der Waals surface area contributed by atoms with Crippen molar-refractivity contribution in [1.82, 2.24) is 24.9 Å². The zero-order valence-corrected chi connectivity index (χ0v) is 19.5. The summed E-state index contributed by atoms with van der Waals surface area (Å²) in [5, 5.41) is 9.19. The Morgan fingerprint density at radius 1 is 1.22 bits per heavy atom. The zero-order chi connectivity index (χ0) is 27.1. The molecule has 37 heavy (non-hydrogen) atoms. The van der Waals surface area contributed by atoms with Gasteiger partial charge < -0.3 is 20.4 Å². The molecule has 0 bridgehead atoms. The van der Waals surface area contributed by atoms with Crippen LogP contribution >= 0.6 is 0 Å². The lowest BCUT2D eigenvalue weighted by molar-refractivity contribution is -0.142. The minimum atomic E-state index is -5.30. The highest BCUT2D eigenvalue weighted by Gasteiger charge is 2.39. The molecule has 4 rings (SSSR count). The number of benzene rings is 1. The molecule has 0 saturated heterocycles. The van der Waals surface area contributed by atoms with Crippen molar-refractivity contribution >= 4 is 17.6 Å². The summed E-state index contributed by atoms with van der Waals surface area (Å²) in [6.07, 6.45) is -7.60. The van der Waals surface area contributed by atoms with Crippen molar-refractivity contribution in [3.63, 3.8) is 0 Å². The zero-order valence-electron chi connectivity index (χ0n) is 19.5. The highest BCUT2D eigenvalue weighted by molar-refractivity contribution is 5.95. The lowest BCUT2D eigenvalue weighted by Crippen LogP contribution is -2.40. The summed E-state index contributed by atoms with van der Waals surface area (Å²) in [6, 6.07) is 0.168. The molecule has 0 radical (unpaired) electrons. The van der Waals surface area contributed by atoms with Crippen LogP contribution in [0.2, 0.25) is 0 Å². The number of carbonyl (C=O) groups excluding carboxylic acids is 2. The first-order valence-electron chi connectivity index (χ1n) is 11.3. The number of nitrogens with one attached hydrogen (secondary N) is 2. The second kappa shape index (κ2) is 10.2. The molecular weight excluding hydrogens is 513 g/mol. The van der Waals surface area contributed by atoms with Gasteiger partial charge in [-0.05, 0) is 12.1 Å². The molecule has 0 spiro atoms. The Bertz CT molecular complexity index is 1200. The van der Waals surface area contributed by atoms with Gasteiger partial charge in [0.05, 0.1) is 24.5 Å². The second-order valence-electron chi connectivity index (χ2n) is 8.94. The fraction of sp³-hybridized carbons (Fsp3) is 0.500. The summed E-state index contributed by atoms with van der Waals surface area (Å²) in [6.45, 7) is 0.237. The van der Waals surface area contributed by atoms with Gasteiger partial charge in [0.15, 0.2) is 5.82 Å². The van der Waals surface area contributed by atoms with E-state index in [0.29, 0.717) is 23.4 Å². The third-order valence-corrected chi connectivity index (χ3v) is 6.25. The Morgan fingerprint density at radius 2 is 1.95 bits per heavy atom. The van der Waals surface area contributed by atoms with Crippen LogP contribution < -0.4 is 10.6 Å². The van der Waals surface area contributed by atoms with E-state index in [1.54, 1.807) is 7.05 Å². The average molecular weight is 536 g/mol. The molecule has 1 aromatic carbocycles. The fourth-order valence-corrected chi connectivity index (χ4v) is 4.55. The highest BCUT2D eigenvalue weighted by atomic mass is 19.4. The first kappa shape index (κ1) is 26.7. The summed E-state index contributed by atoms with van der Waals surface area (Å²) < 4.78 is 93.5. The summed E-state index contributed by atoms with van der Waals surface area (Å²) in [4.78, 5) is 28.5. The lowest BCUT2D eigenvalue weighted by Gasteiger charge is -2.27. The predicted octanol–water partition coefficient (Wildman–Crippen LogP) is 3.33. The number of carbonyl (C=O) groups is 2. The molecule has 8 nitrogen and oxygen atoms in total. The summed E-state index contributed by atoms with van der Waals surface area (Å²) in [5.41, 5.74) is -1.74. The Morgan fingerprint density at radius 3 is 2.62 bits per heavy atom. The van der Waals surface area contributed by atoms with Crippen molar-refractivity contribution in [3.8, 4) is 0 Å². The monoisotopic (exact) mass is 536 g/mol. The van der Waals surface area contributed by atoms with Crippen molar-refractivity contribution in [3.05, 3.63) is 46.3 Å². The lowest BCUT2D eigenvalue weighted by atomic mass is 10.0. The van der Waals surface area contributed by atoms with E-state index in [4.69, 9.17) is 0 Å². The van der Waals surface area contributed by atoms with Gasteiger partial charge in [-0.15, -0.1) is 0 Å². The van der Waals surface area contributed by atoms with Crippen LogP contribution in [0.25, 0.3) is 0 Å². The van der Waals surface area contributed by atoms with Crippen LogP contribution in [0.5, 0.6) is 0 Å². The van der Waals surface area contributed by atoms with Crippen LogP contribution in [-0.4, -0.2) is 71.2 Å². The minimum absolute atomic E-state index is 0.0770. The Kier molecular flexibility index (Phi) is 7.35. The standard InChI is InChI=1S/C22H23F7N6O2/c1-33-8-11(6-30-7-16(24)25)9-35-19(20(33)36)12-10-34(5-4-14(12)32-35)21(37)31-15-3-2-13(23)17(18(15)26)22(27,28)29/h2-3,11,16,30H,4-10H2,1H3,(H,31,37). The van der Waals surface area contributed by atoms with E-state index >= 15 is 0 Å². The van der Waals surface area contributed by atoms with Gasteiger partial charge in [-0.2, -0.15) is 18.3 Å². The van der Waals surface area contributed by atoms with Crippen LogP contribution in [0, 0.1) is 17.6 Å². The SMILES string of the molecule is CN1CC(CNCC(F)F)Cn2nc3c(c2C1=O)CN(C(=O)Nc1ccc(F)c(C(F)(F)F)c1F)CC3. The van der Waals surface area contributed by atoms with Crippen molar-refractivity contribution in [2.45, 2.75) is 32.1 Å². The summed E-state index contributed by atoms with van der Waals surface area (Å²) in [5.74, 6) is -4.34. The van der Waals surface area contributed by atoms with E-state index in [9.17, 15) is 40.3 Å². The molecule has 15 heteroatoms. The number of nitrogens with zero attached hydrogens (tertiary/aromatic N) is 4. The molecule has 202 valence electrons. The summed E-state index contributed by atoms with van der Waals surface area (Å²) in [7, 11) is 1.56. The molecule has 3 heterocycles. The normalized spacial score (nSPS) is 18.1. The topological polar surface area (TPSA) is 82.5 Å². The van der Waals surface area contributed by atoms with Gasteiger partial charge >= 0.3 is 12.2 Å². The molecule has 2 N–H and O–H groups in total. The Labute approximate surface area is 206 Å². The van der Waals surface area contributed by atoms with E-state index < -0.39 is 48.1 Å². The molecule has 2 aliphatic rings. The molecule has 1 aromatic heterocycles. The Balaban J connectivity index is 1.53. The van der Waals surface area contributed by atoms with E-state index in [-0.39, 0.29) is 56.7 Å². The quantitative estimate of drug-likeness (QED) is 0.575. The van der Waals surface area contributed by atoms with E-state index in [0.717, 1.165) is 0 Å². The molecular formula is C22H23F7N6O2. The maximum atomic E-state index is 14.4. The number of fused-ring (bicyclic) bond motifs is 3. The minimum Gasteiger partial charge on any atom is -0.340 e. The fourth-order valence-electron chi connectivity index (χ4n) is 4.55. The predicted molar refractivity (Wildman–Crippen MR) is 116 cm³/mol. The number of amides is 3. The number of urea groups is 1. The van der Waals surface area contributed by atoms with Crippen LogP contribution in [0.1, 0.15) is 27.3 Å². The van der Waals surface area contributed by atoms with E-state index in [1.807, 2.05) is 5.32 Å². The number of hydrogen-bond acceptors (Lipinski definition) is 4. The number of rotatable bonds is 5. The summed E-state index contributed by atoms with van der Waals surface area (Å²) >= 11 is 0. The van der Waals surface area contributed by atoms with E-state index in [2.05, 4.69) is 10.4 Å². The van der Waals surface area contributed by atoms with Gasteiger partial charge in [0.2, 0.25) is 0 Å². The third kappa shape index (κ3) is 5.50. The van der Waals surface area contributed by atoms with Crippen LogP contribution in [0.15, 0.2) is 12.1 Å². The first-order valence-corrected chi connectivity index (χ1v) is 11.3. The molecule has 0 aliphatic carbocycles. The smallest absolute Gasteiger partial charge is 0.340 e. The van der Waals surface area contributed by atoms with Crippen molar-refractivity contribution in [2.24, 2.45) is 5.92 Å². The maximum Gasteiger partial charge on any atom is 0.422 e. The van der Waals surface area contributed by atoms with Crippen molar-refractivity contribution in [1.29, 1.82) is 0 Å². The number of aromatic nitrogens is 2. The Hall–Kier alpha value is -3.36. The van der Waals surface area contributed by atoms with Crippen LogP contribution in [0.3, 0.4) is 0 Å². The van der Waals surface area contributed by atoms with Gasteiger partial charge in [0.25, 0.3) is 12.3 Å². The molecule has 3 amide bonds. The third-order valence-electron chi connectivity index (χ3n) is 6.25. The molecule has 0 saturated carbocycles. The van der Waals surface area contributed by atoms with Gasteiger partial charge in [0, 0.05) is 51.1 Å². The van der Waals surface area contributed by atoms with Gasteiger partial charge in [-0.3, -0.25) is 9.48 Å². The average Bonchev–Trinajstić information content (AvgIpc) is 3.10. The van der Waals surface area contributed by atoms with Gasteiger partial charge in [-0.25, -0.2) is 22.4 Å². The molecule has 1 unspecified atom stereocenters. The molecule has 2 aromatic rings. The molecule has 2 aliphatic heterocycles. The molecule has 1 atom stereocenters. The first-order chi connectivity index (χ1) is 17.4. The number of hydrogen-bond donors (Lipinski definition) is 2. The van der Waals surface area contributed by atoms with Crippen LogP contribution in [-0.2, 0) is 25.7 Å². The number of alkyl halides is 5. The molecule has 0 fully saturated rings. The van der Waals surface area contributed by atoms with Crippen molar-refractivity contribution in [2.75, 3.05) is 38.5 Å². The van der Waals surface area contributed by atoms with E-state index in [1.165, 1.54) is 14.5 Å². The largest absolute Gasteiger partial charge is 0.422 e. The van der Waals surface area contributed by atoms with Crippen molar-refractivity contribution < 1.29 is 40.3 Å². The maximum absolute atomic E-state index is 14.4.